The van der Waals surface area contributed by atoms with E-state index in [1.807, 2.05) is 6.07 Å². The van der Waals surface area contributed by atoms with E-state index in [9.17, 15) is 4.79 Å². The molecule has 86 valence electrons. The summed E-state index contributed by atoms with van der Waals surface area (Å²) in [6.45, 7) is 2.95. The Hall–Kier alpha value is -1.35. The van der Waals surface area contributed by atoms with Gasteiger partial charge in [-0.15, -0.1) is 0 Å². The first-order valence-corrected chi connectivity index (χ1v) is 5.61. The lowest BCUT2D eigenvalue weighted by Crippen LogP contribution is -2.38. The minimum Gasteiger partial charge on any atom is -0.468 e. The Morgan fingerprint density at radius 1 is 1.50 bits per heavy atom. The molecule has 0 radical (unpaired) electrons. The molecular weight excluding hydrogens is 202 g/mol. The topological polar surface area (TPSA) is 38.3 Å². The molecule has 0 spiro atoms. The van der Waals surface area contributed by atoms with Gasteiger partial charge in [-0.25, -0.2) is 0 Å². The molecule has 1 atom stereocenters. The number of carbonyl (C=O) groups is 1. The van der Waals surface area contributed by atoms with Gasteiger partial charge in [-0.05, 0) is 36.5 Å². The largest absolute Gasteiger partial charge is 0.468 e. The number of esters is 1. The van der Waals surface area contributed by atoms with Crippen LogP contribution in [0.4, 0.5) is 0 Å². The summed E-state index contributed by atoms with van der Waals surface area (Å²) in [7, 11) is 1.44. The number of fused-ring (bicyclic) bond motifs is 1. The Balaban J connectivity index is 2.28. The quantitative estimate of drug-likeness (QED) is 0.722. The molecule has 0 saturated heterocycles. The van der Waals surface area contributed by atoms with Crippen molar-refractivity contribution in [1.82, 2.24) is 5.32 Å². The highest BCUT2D eigenvalue weighted by Gasteiger charge is 2.23. The van der Waals surface area contributed by atoms with Crippen molar-refractivity contribution in [3.63, 3.8) is 0 Å². The molecule has 1 aliphatic heterocycles. The van der Waals surface area contributed by atoms with Crippen LogP contribution >= 0.6 is 0 Å². The Labute approximate surface area is 95.8 Å². The molecule has 0 aliphatic carbocycles. The van der Waals surface area contributed by atoms with Crippen molar-refractivity contribution < 1.29 is 9.53 Å². The lowest BCUT2D eigenvalue weighted by Gasteiger charge is -2.13. The predicted molar refractivity (Wildman–Crippen MR) is 62.4 cm³/mol. The zero-order valence-corrected chi connectivity index (χ0v) is 9.75. The average Bonchev–Trinajstić information content (AvgIpc) is 2.51. The molecule has 0 bridgehead atoms. The zero-order chi connectivity index (χ0) is 11.5. The van der Waals surface area contributed by atoms with E-state index in [0.717, 1.165) is 19.4 Å². The molecule has 1 heterocycles. The summed E-state index contributed by atoms with van der Waals surface area (Å²) in [5, 5.41) is 3.23. The van der Waals surface area contributed by atoms with Gasteiger partial charge < -0.3 is 10.1 Å². The normalized spacial score (nSPS) is 19.8. The van der Waals surface area contributed by atoms with Gasteiger partial charge in [0.25, 0.3) is 0 Å². The first kappa shape index (κ1) is 11.1. The summed E-state index contributed by atoms with van der Waals surface area (Å²) < 4.78 is 4.79. The number of rotatable bonds is 1. The van der Waals surface area contributed by atoms with Gasteiger partial charge in [0.2, 0.25) is 0 Å². The van der Waals surface area contributed by atoms with E-state index >= 15 is 0 Å². The standard InChI is InChI=1S/C13H17NO2/c1-9-4-3-5-10-8-12(13(15)16-2)14-7-6-11(9)10/h3-5,12,14H,6-8H2,1-2H3. The fourth-order valence-electron chi connectivity index (χ4n) is 2.28. The van der Waals surface area contributed by atoms with E-state index < -0.39 is 0 Å². The maximum atomic E-state index is 11.5. The third kappa shape index (κ3) is 2.09. The molecule has 0 saturated carbocycles. The highest BCUT2D eigenvalue weighted by Crippen LogP contribution is 2.19. The Bertz CT molecular complexity index is 401. The molecule has 1 N–H and O–H groups in total. The maximum absolute atomic E-state index is 11.5. The second-order valence-corrected chi connectivity index (χ2v) is 4.20. The van der Waals surface area contributed by atoms with E-state index in [-0.39, 0.29) is 12.0 Å². The number of hydrogen-bond donors (Lipinski definition) is 1. The fraction of sp³-hybridized carbons (Fsp3) is 0.462. The van der Waals surface area contributed by atoms with E-state index in [4.69, 9.17) is 4.74 Å². The van der Waals surface area contributed by atoms with Crippen LogP contribution in [0.5, 0.6) is 0 Å². The summed E-state index contributed by atoms with van der Waals surface area (Å²) in [5.41, 5.74) is 3.95. The molecule has 1 aliphatic rings. The van der Waals surface area contributed by atoms with Gasteiger partial charge >= 0.3 is 5.97 Å². The maximum Gasteiger partial charge on any atom is 0.323 e. The molecule has 16 heavy (non-hydrogen) atoms. The number of nitrogens with one attached hydrogen (secondary N) is 1. The molecule has 0 aromatic heterocycles. The van der Waals surface area contributed by atoms with Crippen LogP contribution in [0.15, 0.2) is 18.2 Å². The lowest BCUT2D eigenvalue weighted by atomic mass is 9.96. The smallest absolute Gasteiger partial charge is 0.323 e. The molecule has 3 nitrogen and oxygen atoms in total. The van der Waals surface area contributed by atoms with Gasteiger partial charge in [-0.2, -0.15) is 0 Å². The second-order valence-electron chi connectivity index (χ2n) is 4.20. The van der Waals surface area contributed by atoms with Gasteiger partial charge in [0, 0.05) is 6.54 Å². The SMILES string of the molecule is COC(=O)C1Cc2cccc(C)c2CCN1. The van der Waals surface area contributed by atoms with Crippen molar-refractivity contribution >= 4 is 5.97 Å². The zero-order valence-electron chi connectivity index (χ0n) is 9.75. The third-order valence-corrected chi connectivity index (χ3v) is 3.18. The van der Waals surface area contributed by atoms with E-state index in [1.54, 1.807) is 0 Å². The van der Waals surface area contributed by atoms with Gasteiger partial charge in [0.05, 0.1) is 7.11 Å². The molecule has 0 amide bonds. The molecule has 1 aromatic rings. The first-order chi connectivity index (χ1) is 7.72. The van der Waals surface area contributed by atoms with Crippen molar-refractivity contribution in [2.75, 3.05) is 13.7 Å². The Morgan fingerprint density at radius 3 is 3.06 bits per heavy atom. The van der Waals surface area contributed by atoms with E-state index in [0.29, 0.717) is 0 Å². The highest BCUT2D eigenvalue weighted by molar-refractivity contribution is 5.76. The predicted octanol–water partition coefficient (Wildman–Crippen LogP) is 1.22. The molecule has 0 fully saturated rings. The first-order valence-electron chi connectivity index (χ1n) is 5.61. The number of benzene rings is 1. The van der Waals surface area contributed by atoms with Crippen LogP contribution in [-0.2, 0) is 22.4 Å². The number of aryl methyl sites for hydroxylation is 1. The van der Waals surface area contributed by atoms with Crippen molar-refractivity contribution in [3.8, 4) is 0 Å². The van der Waals surface area contributed by atoms with Crippen LogP contribution in [-0.4, -0.2) is 25.7 Å². The van der Waals surface area contributed by atoms with Gasteiger partial charge in [0.1, 0.15) is 6.04 Å². The van der Waals surface area contributed by atoms with Gasteiger partial charge in [-0.3, -0.25) is 4.79 Å². The molecule has 1 unspecified atom stereocenters. The average molecular weight is 219 g/mol. The second kappa shape index (κ2) is 4.66. The van der Waals surface area contributed by atoms with Crippen LogP contribution in [0, 0.1) is 6.92 Å². The molecule has 2 rings (SSSR count). The molecular formula is C13H17NO2. The number of carbonyl (C=O) groups excluding carboxylic acids is 1. The lowest BCUT2D eigenvalue weighted by molar-refractivity contribution is -0.143. The molecule has 1 aromatic carbocycles. The van der Waals surface area contributed by atoms with Crippen LogP contribution in [0.25, 0.3) is 0 Å². The summed E-state index contributed by atoms with van der Waals surface area (Å²) >= 11 is 0. The van der Waals surface area contributed by atoms with Crippen molar-refractivity contribution in [2.45, 2.75) is 25.8 Å². The van der Waals surface area contributed by atoms with Crippen molar-refractivity contribution in [2.24, 2.45) is 0 Å². The van der Waals surface area contributed by atoms with Crippen molar-refractivity contribution in [3.05, 3.63) is 34.9 Å². The monoisotopic (exact) mass is 219 g/mol. The van der Waals surface area contributed by atoms with E-state index in [1.165, 1.54) is 23.8 Å². The number of methoxy groups -OCH3 is 1. The van der Waals surface area contributed by atoms with E-state index in [2.05, 4.69) is 24.4 Å². The number of hydrogen-bond acceptors (Lipinski definition) is 3. The van der Waals surface area contributed by atoms with Crippen molar-refractivity contribution in [1.29, 1.82) is 0 Å². The van der Waals surface area contributed by atoms with Gasteiger partial charge in [-0.1, -0.05) is 18.2 Å². The van der Waals surface area contributed by atoms with Crippen LogP contribution < -0.4 is 5.32 Å². The Morgan fingerprint density at radius 2 is 2.31 bits per heavy atom. The minimum absolute atomic E-state index is 0.172. The van der Waals surface area contributed by atoms with Crippen LogP contribution in [0.1, 0.15) is 16.7 Å². The summed E-state index contributed by atoms with van der Waals surface area (Å²) in [4.78, 5) is 11.5. The summed E-state index contributed by atoms with van der Waals surface area (Å²) in [6, 6.07) is 6.07. The molecule has 3 heteroatoms. The fourth-order valence-corrected chi connectivity index (χ4v) is 2.28. The highest BCUT2D eigenvalue weighted by atomic mass is 16.5. The third-order valence-electron chi connectivity index (χ3n) is 3.18. The van der Waals surface area contributed by atoms with Crippen LogP contribution in [0.2, 0.25) is 0 Å². The Kier molecular flexibility index (Phi) is 3.25. The summed E-state index contributed by atoms with van der Waals surface area (Å²) in [5.74, 6) is -0.172. The number of ether oxygens (including phenoxy) is 1. The van der Waals surface area contributed by atoms with Crippen LogP contribution in [0.3, 0.4) is 0 Å². The summed E-state index contributed by atoms with van der Waals surface area (Å²) in [6.07, 6.45) is 1.71. The van der Waals surface area contributed by atoms with Gasteiger partial charge in [0.15, 0.2) is 0 Å². The minimum atomic E-state index is -0.201.